The summed E-state index contributed by atoms with van der Waals surface area (Å²) < 4.78 is 19.1. The first-order chi connectivity index (χ1) is 9.10. The van der Waals surface area contributed by atoms with Gasteiger partial charge in [-0.15, -0.1) is 0 Å². The van der Waals surface area contributed by atoms with Gasteiger partial charge in [0.15, 0.2) is 0 Å². The van der Waals surface area contributed by atoms with Crippen LogP contribution in [0.1, 0.15) is 37.8 Å². The van der Waals surface area contributed by atoms with E-state index in [-0.39, 0.29) is 11.9 Å². The molecule has 106 valence electrons. The number of rotatable bonds is 5. The molecule has 0 amide bonds. The van der Waals surface area contributed by atoms with Gasteiger partial charge in [0, 0.05) is 6.04 Å². The Bertz CT molecular complexity index is 421. The predicted octanol–water partition coefficient (Wildman–Crippen LogP) is 3.22. The highest BCUT2D eigenvalue weighted by Gasteiger charge is 2.29. The van der Waals surface area contributed by atoms with Crippen molar-refractivity contribution in [2.24, 2.45) is 0 Å². The van der Waals surface area contributed by atoms with E-state index in [0.717, 1.165) is 31.4 Å². The van der Waals surface area contributed by atoms with Crippen LogP contribution in [-0.4, -0.2) is 24.8 Å². The van der Waals surface area contributed by atoms with Crippen molar-refractivity contribution < 1.29 is 9.13 Å². The van der Waals surface area contributed by atoms with Crippen LogP contribution in [0.5, 0.6) is 0 Å². The standard InChI is InChI=1S/C16H24FNO/c1-4-18-15(16-8-5-12(3)19-16)10-13-6-7-14(17)9-11(13)2/h6-7,9,12,15-16,18H,4-5,8,10H2,1-3H3. The Hall–Kier alpha value is -0.930. The number of nitrogens with one attached hydrogen (secondary N) is 1. The second-order valence-corrected chi connectivity index (χ2v) is 5.50. The Morgan fingerprint density at radius 3 is 2.79 bits per heavy atom. The molecular weight excluding hydrogens is 241 g/mol. The molecule has 1 N–H and O–H groups in total. The molecule has 2 nitrogen and oxygen atoms in total. The van der Waals surface area contributed by atoms with E-state index in [1.165, 1.54) is 5.56 Å². The second-order valence-electron chi connectivity index (χ2n) is 5.50. The molecule has 3 atom stereocenters. The lowest BCUT2D eigenvalue weighted by molar-refractivity contribution is 0.0324. The van der Waals surface area contributed by atoms with E-state index in [1.807, 2.05) is 13.0 Å². The van der Waals surface area contributed by atoms with Crippen molar-refractivity contribution in [3.63, 3.8) is 0 Å². The maximum Gasteiger partial charge on any atom is 0.123 e. The summed E-state index contributed by atoms with van der Waals surface area (Å²) in [6.07, 6.45) is 3.78. The molecule has 1 aliphatic rings. The van der Waals surface area contributed by atoms with Gasteiger partial charge in [-0.2, -0.15) is 0 Å². The van der Waals surface area contributed by atoms with Crippen LogP contribution in [0, 0.1) is 12.7 Å². The van der Waals surface area contributed by atoms with Crippen molar-refractivity contribution in [2.45, 2.75) is 58.3 Å². The first-order valence-electron chi connectivity index (χ1n) is 7.24. The normalized spacial score (nSPS) is 24.6. The van der Waals surface area contributed by atoms with Crippen molar-refractivity contribution in [1.82, 2.24) is 5.32 Å². The van der Waals surface area contributed by atoms with Gasteiger partial charge in [0.05, 0.1) is 12.2 Å². The molecule has 3 unspecified atom stereocenters. The third-order valence-corrected chi connectivity index (χ3v) is 3.92. The van der Waals surface area contributed by atoms with Crippen molar-refractivity contribution in [1.29, 1.82) is 0 Å². The SMILES string of the molecule is CCNC(Cc1ccc(F)cc1C)C1CCC(C)O1. The number of likely N-dealkylation sites (N-methyl/N-ethyl adjacent to an activating group) is 1. The second kappa shape index (κ2) is 6.49. The topological polar surface area (TPSA) is 21.3 Å². The third-order valence-electron chi connectivity index (χ3n) is 3.92. The third kappa shape index (κ3) is 3.77. The first kappa shape index (κ1) is 14.5. The summed E-state index contributed by atoms with van der Waals surface area (Å²) in [6.45, 7) is 7.15. The summed E-state index contributed by atoms with van der Waals surface area (Å²) in [7, 11) is 0. The van der Waals surface area contributed by atoms with Crippen LogP contribution in [-0.2, 0) is 11.2 Å². The molecular formula is C16H24FNO. The summed E-state index contributed by atoms with van der Waals surface area (Å²) >= 11 is 0. The molecule has 1 aromatic rings. The predicted molar refractivity (Wildman–Crippen MR) is 75.9 cm³/mol. The van der Waals surface area contributed by atoms with Crippen LogP contribution >= 0.6 is 0 Å². The van der Waals surface area contributed by atoms with Crippen LogP contribution in [0.15, 0.2) is 18.2 Å². The molecule has 3 heteroatoms. The van der Waals surface area contributed by atoms with Gasteiger partial charge in [0.2, 0.25) is 0 Å². The van der Waals surface area contributed by atoms with Crippen molar-refractivity contribution >= 4 is 0 Å². The first-order valence-corrected chi connectivity index (χ1v) is 7.24. The van der Waals surface area contributed by atoms with Crippen molar-refractivity contribution in [2.75, 3.05) is 6.54 Å². The Balaban J connectivity index is 2.07. The molecule has 0 bridgehead atoms. The van der Waals surface area contributed by atoms with E-state index in [1.54, 1.807) is 12.1 Å². The van der Waals surface area contributed by atoms with E-state index < -0.39 is 0 Å². The Morgan fingerprint density at radius 2 is 2.21 bits per heavy atom. The average molecular weight is 265 g/mol. The molecule has 0 spiro atoms. The summed E-state index contributed by atoms with van der Waals surface area (Å²) in [4.78, 5) is 0. The number of benzene rings is 1. The van der Waals surface area contributed by atoms with E-state index in [9.17, 15) is 4.39 Å². The number of ether oxygens (including phenoxy) is 1. The van der Waals surface area contributed by atoms with Crippen LogP contribution in [0.25, 0.3) is 0 Å². The maximum absolute atomic E-state index is 13.1. The highest BCUT2D eigenvalue weighted by molar-refractivity contribution is 5.27. The van der Waals surface area contributed by atoms with Gasteiger partial charge in [0.25, 0.3) is 0 Å². The van der Waals surface area contributed by atoms with Crippen LogP contribution in [0.4, 0.5) is 4.39 Å². The zero-order valence-corrected chi connectivity index (χ0v) is 12.1. The average Bonchev–Trinajstić information content (AvgIpc) is 2.78. The maximum atomic E-state index is 13.1. The zero-order chi connectivity index (χ0) is 13.8. The Kier molecular flexibility index (Phi) is 4.94. The number of hydrogen-bond acceptors (Lipinski definition) is 2. The largest absolute Gasteiger partial charge is 0.374 e. The molecule has 1 saturated heterocycles. The highest BCUT2D eigenvalue weighted by Crippen LogP contribution is 2.24. The summed E-state index contributed by atoms with van der Waals surface area (Å²) in [5, 5.41) is 3.52. The quantitative estimate of drug-likeness (QED) is 0.882. The molecule has 1 aliphatic heterocycles. The van der Waals surface area contributed by atoms with Gasteiger partial charge in [-0.1, -0.05) is 13.0 Å². The molecule has 19 heavy (non-hydrogen) atoms. The Labute approximate surface area is 115 Å². The number of halogens is 1. The van der Waals surface area contributed by atoms with Crippen molar-refractivity contribution in [3.05, 3.63) is 35.1 Å². The highest BCUT2D eigenvalue weighted by atomic mass is 19.1. The number of aryl methyl sites for hydroxylation is 1. The fraction of sp³-hybridized carbons (Fsp3) is 0.625. The van der Waals surface area contributed by atoms with Gasteiger partial charge in [0.1, 0.15) is 5.82 Å². The summed E-state index contributed by atoms with van der Waals surface area (Å²) in [5.74, 6) is -0.160. The van der Waals surface area contributed by atoms with E-state index in [2.05, 4.69) is 19.2 Å². The van der Waals surface area contributed by atoms with E-state index >= 15 is 0 Å². The zero-order valence-electron chi connectivity index (χ0n) is 12.1. The lowest BCUT2D eigenvalue weighted by Crippen LogP contribution is -2.41. The van der Waals surface area contributed by atoms with Crippen LogP contribution in [0.3, 0.4) is 0 Å². The smallest absolute Gasteiger partial charge is 0.123 e. The molecule has 1 heterocycles. The van der Waals surface area contributed by atoms with Crippen LogP contribution in [0.2, 0.25) is 0 Å². The minimum absolute atomic E-state index is 0.160. The summed E-state index contributed by atoms with van der Waals surface area (Å²) in [5.41, 5.74) is 2.23. The molecule has 0 aromatic heterocycles. The fourth-order valence-corrected chi connectivity index (χ4v) is 2.85. The van der Waals surface area contributed by atoms with E-state index in [4.69, 9.17) is 4.74 Å². The molecule has 0 aliphatic carbocycles. The summed E-state index contributed by atoms with van der Waals surface area (Å²) in [6, 6.07) is 5.37. The minimum Gasteiger partial charge on any atom is -0.374 e. The number of hydrogen-bond donors (Lipinski definition) is 1. The van der Waals surface area contributed by atoms with Gasteiger partial charge in [-0.05, 0) is 62.9 Å². The van der Waals surface area contributed by atoms with Gasteiger partial charge in [-0.25, -0.2) is 4.39 Å². The minimum atomic E-state index is -0.160. The van der Waals surface area contributed by atoms with Crippen LogP contribution < -0.4 is 5.32 Å². The lowest BCUT2D eigenvalue weighted by atomic mass is 9.96. The molecule has 1 aromatic carbocycles. The van der Waals surface area contributed by atoms with Gasteiger partial charge < -0.3 is 10.1 Å². The van der Waals surface area contributed by atoms with Crippen molar-refractivity contribution in [3.8, 4) is 0 Å². The lowest BCUT2D eigenvalue weighted by Gasteiger charge is -2.25. The molecule has 1 fully saturated rings. The molecule has 0 saturated carbocycles. The Morgan fingerprint density at radius 1 is 1.42 bits per heavy atom. The molecule has 2 rings (SSSR count). The van der Waals surface area contributed by atoms with Gasteiger partial charge in [-0.3, -0.25) is 0 Å². The van der Waals surface area contributed by atoms with Gasteiger partial charge >= 0.3 is 0 Å². The van der Waals surface area contributed by atoms with E-state index in [0.29, 0.717) is 12.1 Å². The fourth-order valence-electron chi connectivity index (χ4n) is 2.85. The monoisotopic (exact) mass is 265 g/mol. The molecule has 0 radical (unpaired) electrons.